The number of rotatable bonds is 33. The molecule has 254 valence electrons. The Morgan fingerprint density at radius 3 is 0.721 bits per heavy atom. The van der Waals surface area contributed by atoms with E-state index in [9.17, 15) is 0 Å². The maximum absolute atomic E-state index is 6.16. The number of unbranched alkanes of at least 4 members (excludes halogenated alkanes) is 24. The van der Waals surface area contributed by atoms with Gasteiger partial charge in [0.15, 0.2) is 0 Å². The minimum atomic E-state index is -3.33. The molecule has 0 N–H and O–H groups in total. The summed E-state index contributed by atoms with van der Waals surface area (Å²) in [5.41, 5.74) is 0. The van der Waals surface area contributed by atoms with Crippen LogP contribution in [0.3, 0.4) is 0 Å². The van der Waals surface area contributed by atoms with Gasteiger partial charge in [-0.25, -0.2) is 0 Å². The molecule has 0 aliphatic carbocycles. The van der Waals surface area contributed by atoms with E-state index in [0.29, 0.717) is 15.2 Å². The zero-order valence-corrected chi connectivity index (χ0v) is 34.5. The Balaban J connectivity index is 4.38. The minimum absolute atomic E-state index is 0.623. The number of hydrogen-bond donors (Lipinski definition) is 0. The van der Waals surface area contributed by atoms with Gasteiger partial charge in [0.1, 0.15) is 0 Å². The van der Waals surface area contributed by atoms with E-state index in [1.165, 1.54) is 154 Å². The SMILES string of the molecule is CCCCCCCCCCCC(=S)[O][Bi]([O]C(=S)CCCCCCCCCCC)[O]C(=S)CCCCCCCCCCC. The third-order valence-electron chi connectivity index (χ3n) is 7.98. The Morgan fingerprint density at radius 1 is 0.326 bits per heavy atom. The van der Waals surface area contributed by atoms with Crippen LogP contribution in [0.4, 0.5) is 0 Å². The van der Waals surface area contributed by atoms with Gasteiger partial charge < -0.3 is 0 Å². The zero-order chi connectivity index (χ0) is 31.6. The van der Waals surface area contributed by atoms with Gasteiger partial charge in [-0.2, -0.15) is 0 Å². The molecule has 0 bridgehead atoms. The van der Waals surface area contributed by atoms with Crippen molar-refractivity contribution in [3.8, 4) is 0 Å². The Kier molecular flexibility index (Phi) is 35.9. The molecule has 0 fully saturated rings. The van der Waals surface area contributed by atoms with Gasteiger partial charge in [0.25, 0.3) is 0 Å². The van der Waals surface area contributed by atoms with Crippen LogP contribution >= 0.6 is 36.7 Å². The van der Waals surface area contributed by atoms with E-state index in [0.717, 1.165) is 38.5 Å². The van der Waals surface area contributed by atoms with Gasteiger partial charge in [-0.3, -0.25) is 0 Å². The molecule has 0 atom stereocenters. The molecule has 0 saturated heterocycles. The van der Waals surface area contributed by atoms with Crippen LogP contribution in [0.15, 0.2) is 0 Å². The summed E-state index contributed by atoms with van der Waals surface area (Å²) < 4.78 is 18.5. The predicted molar refractivity (Wildman–Crippen MR) is 202 cm³/mol. The first-order valence-corrected chi connectivity index (χ1v) is 23.9. The Hall–Kier alpha value is 0.553. The second-order valence-corrected chi connectivity index (χ2v) is 17.6. The van der Waals surface area contributed by atoms with E-state index in [4.69, 9.17) is 45.1 Å². The Labute approximate surface area is 294 Å². The Bertz CT molecular complexity index is 562. The summed E-state index contributed by atoms with van der Waals surface area (Å²) in [5.74, 6) is 0. The molecule has 0 saturated carbocycles. The second-order valence-electron chi connectivity index (χ2n) is 12.3. The van der Waals surface area contributed by atoms with Crippen LogP contribution in [-0.2, 0) is 8.44 Å². The molecule has 7 heteroatoms. The smallest absolute Gasteiger partial charge is 0.0654 e. The summed E-state index contributed by atoms with van der Waals surface area (Å²) in [6.45, 7) is 6.81. The molecule has 0 rings (SSSR count). The van der Waals surface area contributed by atoms with Gasteiger partial charge in [0.05, 0.1) is 0 Å². The van der Waals surface area contributed by atoms with E-state index in [-0.39, 0.29) is 0 Å². The van der Waals surface area contributed by atoms with Crippen molar-refractivity contribution in [2.45, 2.75) is 213 Å². The van der Waals surface area contributed by atoms with Crippen molar-refractivity contribution in [2.75, 3.05) is 0 Å². The molecule has 0 spiro atoms. The third kappa shape index (κ3) is 33.7. The molecule has 43 heavy (non-hydrogen) atoms. The fourth-order valence-corrected chi connectivity index (χ4v) is 10.7. The monoisotopic (exact) mass is 854 g/mol. The van der Waals surface area contributed by atoms with Crippen LogP contribution in [-0.4, -0.2) is 38.2 Å². The molecule has 0 heterocycles. The van der Waals surface area contributed by atoms with Gasteiger partial charge >= 0.3 is 276 Å². The maximum atomic E-state index is 6.16. The van der Waals surface area contributed by atoms with Crippen LogP contribution in [0.5, 0.6) is 0 Å². The average Bonchev–Trinajstić information content (AvgIpc) is 2.98. The van der Waals surface area contributed by atoms with Crippen LogP contribution in [0.2, 0.25) is 0 Å². The summed E-state index contributed by atoms with van der Waals surface area (Å²) in [7, 11) is 0. The number of hydrogen-bond acceptors (Lipinski definition) is 6. The van der Waals surface area contributed by atoms with Gasteiger partial charge in [0.2, 0.25) is 0 Å². The van der Waals surface area contributed by atoms with Gasteiger partial charge in [0, 0.05) is 0 Å². The van der Waals surface area contributed by atoms with Crippen LogP contribution in [0, 0.1) is 0 Å². The first-order valence-electron chi connectivity index (χ1n) is 18.5. The van der Waals surface area contributed by atoms with Crippen molar-refractivity contribution >= 4 is 74.9 Å². The molecule has 0 amide bonds. The summed E-state index contributed by atoms with van der Waals surface area (Å²) in [6.07, 6.45) is 37.3. The molecule has 3 nitrogen and oxygen atoms in total. The van der Waals surface area contributed by atoms with E-state index in [2.05, 4.69) is 20.8 Å². The first kappa shape index (κ1) is 43.6. The molecule has 0 aromatic heterocycles. The van der Waals surface area contributed by atoms with Gasteiger partial charge in [-0.05, 0) is 0 Å². The van der Waals surface area contributed by atoms with E-state index >= 15 is 0 Å². The van der Waals surface area contributed by atoms with Crippen LogP contribution in [0.25, 0.3) is 0 Å². The van der Waals surface area contributed by atoms with E-state index in [1.807, 2.05) is 0 Å². The Morgan fingerprint density at radius 2 is 0.512 bits per heavy atom. The molecule has 0 aromatic rings. The third-order valence-corrected chi connectivity index (χ3v) is 14.7. The quantitative estimate of drug-likeness (QED) is 0.0371. The second kappa shape index (κ2) is 35.4. The van der Waals surface area contributed by atoms with E-state index in [1.54, 1.807) is 0 Å². The molecular formula is C36H69BiO3S3. The first-order chi connectivity index (χ1) is 21.0. The number of thiocarbonyl (C=S) groups is 3. The van der Waals surface area contributed by atoms with Crippen molar-refractivity contribution in [3.63, 3.8) is 0 Å². The predicted octanol–water partition coefficient (Wildman–Crippen LogP) is 13.8. The molecule has 0 aliphatic heterocycles. The fraction of sp³-hybridized carbons (Fsp3) is 0.917. The van der Waals surface area contributed by atoms with Gasteiger partial charge in [-0.15, -0.1) is 0 Å². The summed E-state index contributed by atoms with van der Waals surface area (Å²) >= 11 is 13.5. The van der Waals surface area contributed by atoms with E-state index < -0.39 is 23.1 Å². The zero-order valence-electron chi connectivity index (χ0n) is 28.6. The van der Waals surface area contributed by atoms with Crippen LogP contribution in [0.1, 0.15) is 213 Å². The molecular weight excluding hydrogens is 786 g/mol. The summed E-state index contributed by atoms with van der Waals surface area (Å²) in [5, 5.41) is 1.87. The molecule has 0 aliphatic rings. The fourth-order valence-electron chi connectivity index (χ4n) is 5.18. The van der Waals surface area contributed by atoms with Gasteiger partial charge in [-0.1, -0.05) is 20.8 Å². The van der Waals surface area contributed by atoms with Crippen molar-refractivity contribution in [1.82, 2.24) is 0 Å². The topological polar surface area (TPSA) is 27.7 Å². The summed E-state index contributed by atoms with van der Waals surface area (Å²) in [4.78, 5) is 0. The van der Waals surface area contributed by atoms with Crippen molar-refractivity contribution in [2.24, 2.45) is 0 Å². The minimum Gasteiger partial charge on any atom is -0.0654 e. The standard InChI is InChI=1S/3C12H24OS.Bi/c3*1-2-3-4-5-6-7-8-9-10-11-12(13)14;/h3*2-11H2,1H3,(H,13,14);/q;;;+3/p-3. The molecule has 0 unspecified atom stereocenters. The van der Waals surface area contributed by atoms with Crippen LogP contribution < -0.4 is 0 Å². The normalized spacial score (nSPS) is 11.2. The van der Waals surface area contributed by atoms with Crippen molar-refractivity contribution in [1.29, 1.82) is 0 Å². The molecule has 0 radical (unpaired) electrons. The van der Waals surface area contributed by atoms with Crippen molar-refractivity contribution < 1.29 is 8.44 Å². The average molecular weight is 855 g/mol. The van der Waals surface area contributed by atoms with Crippen molar-refractivity contribution in [3.05, 3.63) is 0 Å². The summed E-state index contributed by atoms with van der Waals surface area (Å²) in [6, 6.07) is 0. The molecule has 0 aromatic carbocycles.